The van der Waals surface area contributed by atoms with Crippen molar-refractivity contribution >= 4 is 17.3 Å². The summed E-state index contributed by atoms with van der Waals surface area (Å²) >= 11 is 6.12. The van der Waals surface area contributed by atoms with Gasteiger partial charge in [-0.1, -0.05) is 11.6 Å². The van der Waals surface area contributed by atoms with Crippen molar-refractivity contribution in [3.63, 3.8) is 0 Å². The Kier molecular flexibility index (Phi) is 4.63. The molecule has 1 N–H and O–H groups in total. The normalized spacial score (nSPS) is 12.1. The summed E-state index contributed by atoms with van der Waals surface area (Å²) in [6.45, 7) is 4.07. The van der Waals surface area contributed by atoms with Gasteiger partial charge in [0, 0.05) is 30.9 Å². The van der Waals surface area contributed by atoms with E-state index in [0.717, 1.165) is 16.9 Å². The Hall–Kier alpha value is -1.88. The van der Waals surface area contributed by atoms with Gasteiger partial charge in [-0.3, -0.25) is 4.68 Å². The molecule has 1 atom stereocenters. The van der Waals surface area contributed by atoms with E-state index in [1.54, 1.807) is 20.3 Å². The molecule has 0 radical (unpaired) electrons. The van der Waals surface area contributed by atoms with Crippen molar-refractivity contribution in [2.45, 2.75) is 19.9 Å². The molecule has 0 saturated heterocycles. The topological polar surface area (TPSA) is 48.3 Å². The first-order valence-corrected chi connectivity index (χ1v) is 7.02. The molecule has 1 unspecified atom stereocenters. The van der Waals surface area contributed by atoms with E-state index in [0.29, 0.717) is 16.5 Å². The highest BCUT2D eigenvalue weighted by molar-refractivity contribution is 6.32. The van der Waals surface area contributed by atoms with Gasteiger partial charge in [0.2, 0.25) is 0 Å². The van der Waals surface area contributed by atoms with Crippen molar-refractivity contribution < 1.29 is 9.47 Å². The van der Waals surface area contributed by atoms with Crippen LogP contribution in [-0.2, 0) is 7.05 Å². The quantitative estimate of drug-likeness (QED) is 0.917. The third-order valence-electron chi connectivity index (χ3n) is 3.36. The van der Waals surface area contributed by atoms with Crippen molar-refractivity contribution in [2.24, 2.45) is 7.05 Å². The van der Waals surface area contributed by atoms with Crippen molar-refractivity contribution in [1.82, 2.24) is 9.78 Å². The molecule has 0 aliphatic rings. The molecule has 1 heterocycles. The number of aryl methyl sites for hydroxylation is 2. The summed E-state index contributed by atoms with van der Waals surface area (Å²) in [4.78, 5) is 0. The van der Waals surface area contributed by atoms with Crippen LogP contribution in [0.3, 0.4) is 0 Å². The molecule has 5 nitrogen and oxygen atoms in total. The number of rotatable bonds is 5. The summed E-state index contributed by atoms with van der Waals surface area (Å²) in [5.74, 6) is 1.28. The second kappa shape index (κ2) is 6.26. The van der Waals surface area contributed by atoms with Gasteiger partial charge in [-0.25, -0.2) is 0 Å². The lowest BCUT2D eigenvalue weighted by Gasteiger charge is -2.18. The van der Waals surface area contributed by atoms with E-state index in [9.17, 15) is 0 Å². The number of nitrogens with zero attached hydrogens (tertiary/aromatic N) is 2. The maximum atomic E-state index is 6.12. The molecule has 0 aliphatic heterocycles. The average molecular weight is 310 g/mol. The van der Waals surface area contributed by atoms with Gasteiger partial charge in [0.05, 0.1) is 36.7 Å². The highest BCUT2D eigenvalue weighted by Gasteiger charge is 2.15. The summed E-state index contributed by atoms with van der Waals surface area (Å²) in [5.41, 5.74) is 2.96. The fourth-order valence-corrected chi connectivity index (χ4v) is 2.56. The highest BCUT2D eigenvalue weighted by atomic mass is 35.5. The molecule has 0 saturated carbocycles. The first kappa shape index (κ1) is 15.5. The standard InChI is InChI=1S/C15H20ClN3O2/c1-9(11-8-19(3)18-10(11)2)17-13-7-14(20-4)12(16)6-15(13)21-5/h6-9,17H,1-5H3. The van der Waals surface area contributed by atoms with Crippen molar-refractivity contribution in [1.29, 1.82) is 0 Å². The maximum absolute atomic E-state index is 6.12. The zero-order valence-corrected chi connectivity index (χ0v) is 13.7. The van der Waals surface area contributed by atoms with E-state index < -0.39 is 0 Å². The van der Waals surface area contributed by atoms with Crippen LogP contribution in [0.5, 0.6) is 11.5 Å². The minimum Gasteiger partial charge on any atom is -0.495 e. The fourth-order valence-electron chi connectivity index (χ4n) is 2.33. The zero-order valence-electron chi connectivity index (χ0n) is 12.9. The lowest BCUT2D eigenvalue weighted by Crippen LogP contribution is -2.08. The summed E-state index contributed by atoms with van der Waals surface area (Å²) in [6.07, 6.45) is 2.01. The van der Waals surface area contributed by atoms with Crippen LogP contribution in [0, 0.1) is 6.92 Å². The molecule has 114 valence electrons. The van der Waals surface area contributed by atoms with Crippen LogP contribution in [0.15, 0.2) is 18.3 Å². The first-order chi connectivity index (χ1) is 9.96. The van der Waals surface area contributed by atoms with Gasteiger partial charge in [-0.2, -0.15) is 5.10 Å². The molecule has 1 aromatic heterocycles. The Labute approximate surface area is 129 Å². The number of anilines is 1. The van der Waals surface area contributed by atoms with Crippen LogP contribution < -0.4 is 14.8 Å². The smallest absolute Gasteiger partial charge is 0.143 e. The minimum atomic E-state index is 0.0819. The predicted molar refractivity (Wildman–Crippen MR) is 84.5 cm³/mol. The number of hydrogen-bond donors (Lipinski definition) is 1. The average Bonchev–Trinajstić information content (AvgIpc) is 2.79. The van der Waals surface area contributed by atoms with Crippen molar-refractivity contribution in [2.75, 3.05) is 19.5 Å². The third-order valence-corrected chi connectivity index (χ3v) is 3.66. The second-order valence-corrected chi connectivity index (χ2v) is 5.30. The molecular weight excluding hydrogens is 290 g/mol. The van der Waals surface area contributed by atoms with Crippen molar-refractivity contribution in [3.8, 4) is 11.5 Å². The molecule has 21 heavy (non-hydrogen) atoms. The van der Waals surface area contributed by atoms with Gasteiger partial charge in [-0.15, -0.1) is 0 Å². The summed E-state index contributed by atoms with van der Waals surface area (Å²) in [5, 5.41) is 8.30. The number of methoxy groups -OCH3 is 2. The fraction of sp³-hybridized carbons (Fsp3) is 0.400. The molecule has 0 aliphatic carbocycles. The summed E-state index contributed by atoms with van der Waals surface area (Å²) in [6, 6.07) is 3.66. The molecule has 0 bridgehead atoms. The van der Waals surface area contributed by atoms with E-state index in [2.05, 4.69) is 17.3 Å². The summed E-state index contributed by atoms with van der Waals surface area (Å²) in [7, 11) is 5.12. The number of aromatic nitrogens is 2. The predicted octanol–water partition coefficient (Wildman–Crippen LogP) is 3.57. The highest BCUT2D eigenvalue weighted by Crippen LogP contribution is 2.37. The monoisotopic (exact) mass is 309 g/mol. The lowest BCUT2D eigenvalue weighted by molar-refractivity contribution is 0.404. The van der Waals surface area contributed by atoms with Crippen LogP contribution in [0.25, 0.3) is 0 Å². The molecule has 0 spiro atoms. The van der Waals surface area contributed by atoms with Gasteiger partial charge in [0.15, 0.2) is 0 Å². The zero-order chi connectivity index (χ0) is 15.6. The molecule has 6 heteroatoms. The Balaban J connectivity index is 2.32. The van der Waals surface area contributed by atoms with Crippen LogP contribution >= 0.6 is 11.6 Å². The number of benzene rings is 1. The van der Waals surface area contributed by atoms with Gasteiger partial charge < -0.3 is 14.8 Å². The lowest BCUT2D eigenvalue weighted by atomic mass is 10.1. The van der Waals surface area contributed by atoms with E-state index >= 15 is 0 Å². The van der Waals surface area contributed by atoms with E-state index in [-0.39, 0.29) is 6.04 Å². The maximum Gasteiger partial charge on any atom is 0.143 e. The van der Waals surface area contributed by atoms with E-state index in [4.69, 9.17) is 21.1 Å². The molecule has 0 fully saturated rings. The Morgan fingerprint density at radius 2 is 1.90 bits per heavy atom. The van der Waals surface area contributed by atoms with Crippen LogP contribution in [-0.4, -0.2) is 24.0 Å². The van der Waals surface area contributed by atoms with E-state index in [1.165, 1.54) is 0 Å². The molecule has 1 aromatic carbocycles. The third kappa shape index (κ3) is 3.24. The molecule has 0 amide bonds. The number of ether oxygens (including phenoxy) is 2. The van der Waals surface area contributed by atoms with Gasteiger partial charge in [0.1, 0.15) is 11.5 Å². The Morgan fingerprint density at radius 3 is 2.43 bits per heavy atom. The minimum absolute atomic E-state index is 0.0819. The Morgan fingerprint density at radius 1 is 1.24 bits per heavy atom. The van der Waals surface area contributed by atoms with Crippen molar-refractivity contribution in [3.05, 3.63) is 34.6 Å². The van der Waals surface area contributed by atoms with Crippen LogP contribution in [0.2, 0.25) is 5.02 Å². The SMILES string of the molecule is COc1cc(NC(C)c2cn(C)nc2C)c(OC)cc1Cl. The molecule has 2 rings (SSSR count). The largest absolute Gasteiger partial charge is 0.495 e. The number of hydrogen-bond acceptors (Lipinski definition) is 4. The molecular formula is C15H20ClN3O2. The Bertz CT molecular complexity index is 640. The van der Waals surface area contributed by atoms with Crippen LogP contribution in [0.4, 0.5) is 5.69 Å². The van der Waals surface area contributed by atoms with Gasteiger partial charge in [0.25, 0.3) is 0 Å². The summed E-state index contributed by atoms with van der Waals surface area (Å²) < 4.78 is 12.4. The first-order valence-electron chi connectivity index (χ1n) is 6.64. The number of nitrogens with one attached hydrogen (secondary N) is 1. The van der Waals surface area contributed by atoms with Gasteiger partial charge in [-0.05, 0) is 13.8 Å². The second-order valence-electron chi connectivity index (χ2n) is 4.90. The van der Waals surface area contributed by atoms with E-state index in [1.807, 2.05) is 30.9 Å². The van der Waals surface area contributed by atoms with Crippen LogP contribution in [0.1, 0.15) is 24.2 Å². The van der Waals surface area contributed by atoms with Gasteiger partial charge >= 0.3 is 0 Å². The molecule has 2 aromatic rings. The number of halogens is 1.